The van der Waals surface area contributed by atoms with E-state index in [-0.39, 0.29) is 0 Å². The molecule has 0 aliphatic rings. The lowest BCUT2D eigenvalue weighted by Crippen LogP contribution is -2.06. The Morgan fingerprint density at radius 3 is 2.57 bits per heavy atom. The van der Waals surface area contributed by atoms with Gasteiger partial charge in [-0.1, -0.05) is 42.5 Å². The molecule has 21 heavy (non-hydrogen) atoms. The Morgan fingerprint density at radius 2 is 1.86 bits per heavy atom. The number of halogens is 1. The van der Waals surface area contributed by atoms with Gasteiger partial charge in [0.05, 0.1) is 6.54 Å². The molecule has 3 aromatic rings. The van der Waals surface area contributed by atoms with Crippen LogP contribution in [-0.2, 0) is 6.54 Å². The molecule has 2 N–H and O–H groups in total. The van der Waals surface area contributed by atoms with E-state index >= 15 is 0 Å². The summed E-state index contributed by atoms with van der Waals surface area (Å²) in [6, 6.07) is 18.5. The van der Waals surface area contributed by atoms with Gasteiger partial charge in [-0.15, -0.1) is 0 Å². The Kier molecular flexibility index (Phi) is 3.96. The van der Waals surface area contributed by atoms with Crippen LogP contribution in [0.3, 0.4) is 0 Å². The summed E-state index contributed by atoms with van der Waals surface area (Å²) in [4.78, 5) is 4.65. The first-order chi connectivity index (χ1) is 10.1. The average molecular weight is 389 g/mol. The number of imidazole rings is 1. The Hall–Kier alpha value is -1.82. The molecule has 3 nitrogen and oxygen atoms in total. The summed E-state index contributed by atoms with van der Waals surface area (Å²) >= 11 is 2.30. The Bertz CT molecular complexity index is 763. The summed E-state index contributed by atoms with van der Waals surface area (Å²) in [5, 5.41) is 0. The monoisotopic (exact) mass is 389 g/mol. The maximum atomic E-state index is 6.33. The molecule has 1 aromatic heterocycles. The summed E-state index contributed by atoms with van der Waals surface area (Å²) in [6.45, 7) is 2.74. The molecular weight excluding hydrogens is 373 g/mol. The number of hydrogen-bond acceptors (Lipinski definition) is 2. The number of nitrogens with two attached hydrogens (primary N) is 1. The van der Waals surface area contributed by atoms with Crippen molar-refractivity contribution in [3.05, 3.63) is 69.6 Å². The zero-order valence-electron chi connectivity index (χ0n) is 11.8. The number of benzene rings is 2. The van der Waals surface area contributed by atoms with Crippen LogP contribution in [0.1, 0.15) is 11.4 Å². The molecule has 0 amide bonds. The fourth-order valence-electron chi connectivity index (χ4n) is 2.40. The van der Waals surface area contributed by atoms with Crippen LogP contribution in [-0.4, -0.2) is 9.55 Å². The Labute approximate surface area is 138 Å². The second-order valence-corrected chi connectivity index (χ2v) is 6.22. The highest BCUT2D eigenvalue weighted by atomic mass is 127. The highest BCUT2D eigenvalue weighted by molar-refractivity contribution is 14.1. The fourth-order valence-corrected chi connectivity index (χ4v) is 2.94. The first-order valence-electron chi connectivity index (χ1n) is 6.77. The van der Waals surface area contributed by atoms with Crippen molar-refractivity contribution >= 4 is 28.4 Å². The van der Waals surface area contributed by atoms with Gasteiger partial charge < -0.3 is 10.3 Å². The van der Waals surface area contributed by atoms with E-state index in [2.05, 4.69) is 56.4 Å². The largest absolute Gasteiger partial charge is 0.383 e. The summed E-state index contributed by atoms with van der Waals surface area (Å²) in [7, 11) is 0. The maximum Gasteiger partial charge on any atom is 0.132 e. The van der Waals surface area contributed by atoms with Gasteiger partial charge in [0, 0.05) is 9.13 Å². The van der Waals surface area contributed by atoms with Crippen molar-refractivity contribution in [1.82, 2.24) is 9.55 Å². The summed E-state index contributed by atoms with van der Waals surface area (Å²) in [6.07, 6.45) is 0. The lowest BCUT2D eigenvalue weighted by molar-refractivity contribution is 0.771. The van der Waals surface area contributed by atoms with E-state index in [9.17, 15) is 0 Å². The highest BCUT2D eigenvalue weighted by Crippen LogP contribution is 2.27. The second kappa shape index (κ2) is 5.89. The molecule has 3 rings (SSSR count). The molecule has 0 radical (unpaired) electrons. The minimum Gasteiger partial charge on any atom is -0.383 e. The zero-order valence-corrected chi connectivity index (χ0v) is 13.9. The molecule has 106 valence electrons. The molecule has 0 bridgehead atoms. The van der Waals surface area contributed by atoms with E-state index in [4.69, 9.17) is 5.73 Å². The predicted octanol–water partition coefficient (Wildman–Crippen LogP) is 4.09. The number of anilines is 1. The lowest BCUT2D eigenvalue weighted by atomic mass is 10.1. The molecule has 0 aliphatic carbocycles. The van der Waals surface area contributed by atoms with Gasteiger partial charge in [0.1, 0.15) is 17.3 Å². The average Bonchev–Trinajstić information content (AvgIpc) is 2.76. The molecule has 0 saturated carbocycles. The van der Waals surface area contributed by atoms with Gasteiger partial charge in [-0.05, 0) is 47.2 Å². The minimum atomic E-state index is 0.721. The van der Waals surface area contributed by atoms with Crippen molar-refractivity contribution in [2.24, 2.45) is 0 Å². The first-order valence-corrected chi connectivity index (χ1v) is 7.85. The van der Waals surface area contributed by atoms with Crippen LogP contribution in [0, 0.1) is 10.5 Å². The molecular formula is C17H16IN3. The Morgan fingerprint density at radius 1 is 1.10 bits per heavy atom. The van der Waals surface area contributed by atoms with Crippen LogP contribution in [0.25, 0.3) is 11.3 Å². The SMILES string of the molecule is Cc1nc(-c2cccc(I)c2)c(N)n1Cc1ccccc1. The number of nitrogen functional groups attached to an aromatic ring is 1. The van der Waals surface area contributed by atoms with Crippen molar-refractivity contribution < 1.29 is 0 Å². The number of rotatable bonds is 3. The van der Waals surface area contributed by atoms with Gasteiger partial charge in [-0.2, -0.15) is 0 Å². The molecule has 0 unspecified atom stereocenters. The number of aromatic nitrogens is 2. The number of aryl methyl sites for hydroxylation is 1. The van der Waals surface area contributed by atoms with E-state index in [1.54, 1.807) is 0 Å². The maximum absolute atomic E-state index is 6.33. The third-order valence-electron chi connectivity index (χ3n) is 3.48. The van der Waals surface area contributed by atoms with Crippen molar-refractivity contribution in [3.63, 3.8) is 0 Å². The van der Waals surface area contributed by atoms with Crippen LogP contribution in [0.2, 0.25) is 0 Å². The van der Waals surface area contributed by atoms with Gasteiger partial charge >= 0.3 is 0 Å². The quantitative estimate of drug-likeness (QED) is 0.686. The molecule has 0 aliphatic heterocycles. The second-order valence-electron chi connectivity index (χ2n) is 4.97. The van der Waals surface area contributed by atoms with Crippen molar-refractivity contribution in [3.8, 4) is 11.3 Å². The molecule has 0 atom stereocenters. The van der Waals surface area contributed by atoms with Crippen LogP contribution < -0.4 is 5.73 Å². The third-order valence-corrected chi connectivity index (χ3v) is 4.15. The molecule has 0 fully saturated rings. The van der Waals surface area contributed by atoms with E-state index < -0.39 is 0 Å². The summed E-state index contributed by atoms with van der Waals surface area (Å²) in [5.74, 6) is 1.66. The molecule has 0 spiro atoms. The van der Waals surface area contributed by atoms with Crippen LogP contribution in [0.5, 0.6) is 0 Å². The molecule has 1 heterocycles. The standard InChI is InChI=1S/C17H16IN3/c1-12-20-16(14-8-5-9-15(18)10-14)17(19)21(12)11-13-6-3-2-4-7-13/h2-10H,11,19H2,1H3. The van der Waals surface area contributed by atoms with Crippen LogP contribution >= 0.6 is 22.6 Å². The van der Waals surface area contributed by atoms with Crippen LogP contribution in [0.4, 0.5) is 5.82 Å². The van der Waals surface area contributed by atoms with Gasteiger partial charge in [0.2, 0.25) is 0 Å². The predicted molar refractivity (Wildman–Crippen MR) is 95.1 cm³/mol. The van der Waals surface area contributed by atoms with Gasteiger partial charge in [-0.25, -0.2) is 4.98 Å². The zero-order chi connectivity index (χ0) is 14.8. The molecule has 0 saturated heterocycles. The first kappa shape index (κ1) is 14.1. The van der Waals surface area contributed by atoms with Crippen molar-refractivity contribution in [2.45, 2.75) is 13.5 Å². The van der Waals surface area contributed by atoms with E-state index in [1.807, 2.05) is 37.3 Å². The van der Waals surface area contributed by atoms with Crippen molar-refractivity contribution in [1.29, 1.82) is 0 Å². The summed E-state index contributed by atoms with van der Waals surface area (Å²) in [5.41, 5.74) is 9.48. The lowest BCUT2D eigenvalue weighted by Gasteiger charge is -2.08. The molecule has 4 heteroatoms. The number of hydrogen-bond donors (Lipinski definition) is 1. The van der Waals surface area contributed by atoms with Gasteiger partial charge in [-0.3, -0.25) is 0 Å². The highest BCUT2D eigenvalue weighted by Gasteiger charge is 2.14. The smallest absolute Gasteiger partial charge is 0.132 e. The van der Waals surface area contributed by atoms with E-state index in [0.29, 0.717) is 0 Å². The third kappa shape index (κ3) is 2.95. The number of nitrogens with zero attached hydrogens (tertiary/aromatic N) is 2. The van der Waals surface area contributed by atoms with Gasteiger partial charge in [0.15, 0.2) is 0 Å². The molecule has 2 aromatic carbocycles. The van der Waals surface area contributed by atoms with E-state index in [1.165, 1.54) is 9.13 Å². The van der Waals surface area contributed by atoms with Crippen molar-refractivity contribution in [2.75, 3.05) is 5.73 Å². The topological polar surface area (TPSA) is 43.8 Å². The normalized spacial score (nSPS) is 10.8. The fraction of sp³-hybridized carbons (Fsp3) is 0.118. The van der Waals surface area contributed by atoms with Gasteiger partial charge in [0.25, 0.3) is 0 Å². The minimum absolute atomic E-state index is 0.721. The summed E-state index contributed by atoms with van der Waals surface area (Å²) < 4.78 is 3.24. The van der Waals surface area contributed by atoms with Crippen LogP contribution in [0.15, 0.2) is 54.6 Å². The van der Waals surface area contributed by atoms with E-state index in [0.717, 1.165) is 29.4 Å². The Balaban J connectivity index is 2.01.